The lowest BCUT2D eigenvalue weighted by molar-refractivity contribution is 0.137. The van der Waals surface area contributed by atoms with Crippen molar-refractivity contribution in [3.8, 4) is 10.4 Å². The van der Waals surface area contributed by atoms with Gasteiger partial charge in [0, 0.05) is 16.3 Å². The van der Waals surface area contributed by atoms with Crippen molar-refractivity contribution in [1.82, 2.24) is 4.72 Å². The van der Waals surface area contributed by atoms with Crippen molar-refractivity contribution in [3.05, 3.63) is 77.1 Å². The van der Waals surface area contributed by atoms with E-state index in [4.69, 9.17) is 26.6 Å². The molecule has 0 radical (unpaired) electrons. The Labute approximate surface area is 188 Å². The third kappa shape index (κ3) is 5.43. The van der Waals surface area contributed by atoms with Crippen LogP contribution in [0.15, 0.2) is 64.9 Å². The number of carboxylic acid groups (broad SMARTS) is 2. The Morgan fingerprint density at radius 2 is 1.81 bits per heavy atom. The predicted octanol–water partition coefficient (Wildman–Crippen LogP) is 5.44. The smallest absolute Gasteiger partial charge is 0.450 e. The highest BCUT2D eigenvalue weighted by atomic mass is 35.5. The molecule has 1 fully saturated rings. The Hall–Kier alpha value is -2.46. The summed E-state index contributed by atoms with van der Waals surface area (Å²) in [5.74, 6) is -0.526. The monoisotopic (exact) mass is 483 g/mol. The van der Waals surface area contributed by atoms with Gasteiger partial charge in [-0.05, 0) is 41.8 Å². The first-order chi connectivity index (χ1) is 14.5. The summed E-state index contributed by atoms with van der Waals surface area (Å²) < 4.78 is 42.2. The van der Waals surface area contributed by atoms with Gasteiger partial charge in [-0.1, -0.05) is 54.9 Å². The lowest BCUT2D eigenvalue weighted by Crippen LogP contribution is -2.29. The average molecular weight is 484 g/mol. The highest BCUT2D eigenvalue weighted by Crippen LogP contribution is 2.48. The van der Waals surface area contributed by atoms with E-state index in [9.17, 15) is 12.8 Å². The third-order valence-corrected chi connectivity index (χ3v) is 8.42. The zero-order chi connectivity index (χ0) is 22.8. The molecule has 164 valence electrons. The van der Waals surface area contributed by atoms with E-state index in [1.54, 1.807) is 18.2 Å². The number of nitrogens with one attached hydrogen (secondary N) is 1. The van der Waals surface area contributed by atoms with E-state index in [-0.39, 0.29) is 20.7 Å². The van der Waals surface area contributed by atoms with Gasteiger partial charge in [-0.15, -0.1) is 11.3 Å². The van der Waals surface area contributed by atoms with Gasteiger partial charge in [0.15, 0.2) is 0 Å². The van der Waals surface area contributed by atoms with Crippen LogP contribution in [0.3, 0.4) is 0 Å². The highest BCUT2D eigenvalue weighted by Gasteiger charge is 2.53. The number of thiophene rings is 1. The Bertz CT molecular complexity index is 1200. The Morgan fingerprint density at radius 1 is 1.16 bits per heavy atom. The SMILES string of the molecule is C[C@]1(c2ccccc2)C[C@@H]1NS(=O)(=O)c1ccc(-c2ccc(Cl)c(F)c2)s1.O=C(O)O. The maximum Gasteiger partial charge on any atom is 0.503 e. The Kier molecular flexibility index (Phi) is 6.70. The number of rotatable bonds is 5. The van der Waals surface area contributed by atoms with Crippen LogP contribution in [0.5, 0.6) is 0 Å². The molecule has 0 bridgehead atoms. The Balaban J connectivity index is 0.000000628. The molecule has 1 heterocycles. The van der Waals surface area contributed by atoms with E-state index in [1.165, 1.54) is 12.1 Å². The second kappa shape index (κ2) is 8.96. The first-order valence-corrected chi connectivity index (χ1v) is 11.8. The van der Waals surface area contributed by atoms with Crippen molar-refractivity contribution in [2.45, 2.75) is 29.0 Å². The van der Waals surface area contributed by atoms with E-state index >= 15 is 0 Å². The fourth-order valence-electron chi connectivity index (χ4n) is 3.19. The maximum atomic E-state index is 13.7. The van der Waals surface area contributed by atoms with Gasteiger partial charge in [0.25, 0.3) is 0 Å². The van der Waals surface area contributed by atoms with Crippen LogP contribution < -0.4 is 4.72 Å². The number of halogens is 2. The van der Waals surface area contributed by atoms with Gasteiger partial charge in [0.1, 0.15) is 10.0 Å². The molecule has 0 amide bonds. The molecule has 3 N–H and O–H groups in total. The minimum atomic E-state index is -3.63. The van der Waals surface area contributed by atoms with E-state index in [1.807, 2.05) is 30.3 Å². The lowest BCUT2D eigenvalue weighted by Gasteiger charge is -2.12. The van der Waals surface area contributed by atoms with Crippen LogP contribution in [0.2, 0.25) is 5.02 Å². The fraction of sp³-hybridized carbons (Fsp3) is 0.190. The number of sulfonamides is 1. The van der Waals surface area contributed by atoms with Crippen LogP contribution in [-0.2, 0) is 15.4 Å². The van der Waals surface area contributed by atoms with Gasteiger partial charge in [0.2, 0.25) is 10.0 Å². The molecule has 10 heteroatoms. The number of hydrogen-bond donors (Lipinski definition) is 3. The molecule has 0 aliphatic heterocycles. The quantitative estimate of drug-likeness (QED) is 0.448. The summed E-state index contributed by atoms with van der Waals surface area (Å²) in [6, 6.07) is 17.5. The number of benzene rings is 2. The van der Waals surface area contributed by atoms with Crippen molar-refractivity contribution in [2.75, 3.05) is 0 Å². The summed E-state index contributed by atoms with van der Waals surface area (Å²) in [4.78, 5) is 9.23. The molecular weight excluding hydrogens is 465 g/mol. The molecule has 6 nitrogen and oxygen atoms in total. The molecule has 4 rings (SSSR count). The van der Waals surface area contributed by atoms with E-state index in [0.29, 0.717) is 10.4 Å². The van der Waals surface area contributed by atoms with Crippen LogP contribution in [0.1, 0.15) is 18.9 Å². The molecular formula is C21H19ClFNO5S2. The molecule has 0 unspecified atom stereocenters. The minimum Gasteiger partial charge on any atom is -0.450 e. The summed E-state index contributed by atoms with van der Waals surface area (Å²) in [7, 11) is -3.63. The molecule has 1 saturated carbocycles. The van der Waals surface area contributed by atoms with Gasteiger partial charge in [-0.3, -0.25) is 0 Å². The molecule has 1 aromatic heterocycles. The Morgan fingerprint density at radius 3 is 2.42 bits per heavy atom. The van der Waals surface area contributed by atoms with Gasteiger partial charge >= 0.3 is 6.16 Å². The summed E-state index contributed by atoms with van der Waals surface area (Å²) in [6.45, 7) is 2.06. The van der Waals surface area contributed by atoms with Crippen LogP contribution >= 0.6 is 22.9 Å². The van der Waals surface area contributed by atoms with Gasteiger partial charge in [-0.2, -0.15) is 0 Å². The second-order valence-corrected chi connectivity index (χ2v) is 10.6. The second-order valence-electron chi connectivity index (χ2n) is 7.19. The molecule has 0 spiro atoms. The first-order valence-electron chi connectivity index (χ1n) is 9.08. The first kappa shape index (κ1) is 23.2. The van der Waals surface area contributed by atoms with Crippen LogP contribution in [0, 0.1) is 5.82 Å². The van der Waals surface area contributed by atoms with Gasteiger partial charge in [-0.25, -0.2) is 22.3 Å². The molecule has 1 aliphatic rings. The van der Waals surface area contributed by atoms with E-state index in [0.717, 1.165) is 23.3 Å². The summed E-state index contributed by atoms with van der Waals surface area (Å²) >= 11 is 6.82. The zero-order valence-corrected chi connectivity index (χ0v) is 18.6. The predicted molar refractivity (Wildman–Crippen MR) is 118 cm³/mol. The standard InChI is InChI=1S/C20H17ClFNO2S2.CH2O3/c1-20(14-5-3-2-4-6-14)12-18(20)23-27(24,25)19-10-9-17(26-19)13-7-8-15(21)16(22)11-13;2-1(3)4/h2-11,18,23H,12H2,1H3;(H2,2,3,4)/t18-,20+;/m0./s1. The van der Waals surface area contributed by atoms with Crippen LogP contribution in [0.25, 0.3) is 10.4 Å². The van der Waals surface area contributed by atoms with Gasteiger partial charge in [0.05, 0.1) is 5.02 Å². The van der Waals surface area contributed by atoms with Crippen LogP contribution in [-0.4, -0.2) is 30.8 Å². The van der Waals surface area contributed by atoms with Gasteiger partial charge < -0.3 is 10.2 Å². The topological polar surface area (TPSA) is 104 Å². The molecule has 2 atom stereocenters. The largest absolute Gasteiger partial charge is 0.503 e. The van der Waals surface area contributed by atoms with Crippen molar-refractivity contribution < 1.29 is 27.8 Å². The zero-order valence-electron chi connectivity index (χ0n) is 16.2. The van der Waals surface area contributed by atoms with E-state index in [2.05, 4.69) is 11.6 Å². The maximum absolute atomic E-state index is 13.7. The van der Waals surface area contributed by atoms with Crippen molar-refractivity contribution >= 4 is 39.1 Å². The highest BCUT2D eigenvalue weighted by molar-refractivity contribution is 7.91. The molecule has 31 heavy (non-hydrogen) atoms. The van der Waals surface area contributed by atoms with Crippen molar-refractivity contribution in [1.29, 1.82) is 0 Å². The summed E-state index contributed by atoms with van der Waals surface area (Å²) in [5.41, 5.74) is 1.54. The fourth-order valence-corrected chi connectivity index (χ4v) is 5.97. The van der Waals surface area contributed by atoms with Crippen LogP contribution in [0.4, 0.5) is 9.18 Å². The summed E-state index contributed by atoms with van der Waals surface area (Å²) in [5, 5.41) is 14.0. The summed E-state index contributed by atoms with van der Waals surface area (Å²) in [6.07, 6.45) is -1.07. The molecule has 3 aromatic rings. The van der Waals surface area contributed by atoms with Crippen molar-refractivity contribution in [2.24, 2.45) is 0 Å². The van der Waals surface area contributed by atoms with Crippen molar-refractivity contribution in [3.63, 3.8) is 0 Å². The third-order valence-electron chi connectivity index (χ3n) is 5.02. The molecule has 1 aliphatic carbocycles. The normalized spacial score (nSPS) is 19.9. The number of carbonyl (C=O) groups is 1. The van der Waals surface area contributed by atoms with E-state index < -0.39 is 22.0 Å². The molecule has 0 saturated heterocycles. The lowest BCUT2D eigenvalue weighted by atomic mass is 9.98. The molecule has 2 aromatic carbocycles. The average Bonchev–Trinajstić information content (AvgIpc) is 3.13. The number of hydrogen-bond acceptors (Lipinski definition) is 4. The minimum absolute atomic E-state index is 0.0405.